The second kappa shape index (κ2) is 21.7. The van der Waals surface area contributed by atoms with Crippen molar-refractivity contribution in [3.05, 3.63) is 61.7 Å². The maximum Gasteiger partial charge on any atom is 0.343 e. The molecule has 1 saturated heterocycles. The van der Waals surface area contributed by atoms with Gasteiger partial charge in [-0.3, -0.25) is 39.1 Å². The van der Waals surface area contributed by atoms with E-state index in [4.69, 9.17) is 20.9 Å². The summed E-state index contributed by atoms with van der Waals surface area (Å²) in [5, 5.41) is 36.7. The molecule has 10 N–H and O–H groups in total. The first kappa shape index (κ1) is 53.3. The Balaban J connectivity index is 1.11. The van der Waals surface area contributed by atoms with Crippen LogP contribution in [0.5, 0.6) is 0 Å². The number of hydrogen-bond acceptors (Lipinski definition) is 12. The minimum atomic E-state index is -2.07. The van der Waals surface area contributed by atoms with Crippen LogP contribution in [0.1, 0.15) is 133 Å². The molecule has 390 valence electrons. The third-order valence-corrected chi connectivity index (χ3v) is 14.6. The van der Waals surface area contributed by atoms with E-state index in [2.05, 4.69) is 36.8 Å². The molecule has 7 rings (SSSR count). The van der Waals surface area contributed by atoms with Crippen LogP contribution in [-0.4, -0.2) is 111 Å². The standard InChI is InChI=1S/C51H70FN11O9/c1-9-51(71)31-19-38-43-29(22-63(38)48(69)30(31)23-72-49(51)70)41-33(15-14-28-27(8)32(52)20-35(57-43)40(28)41)58-45(66)34(12-10-16-55-50(53)54)59-47(68)42(25(4)5)61-39(64)21-56-44(65)36(18-24(2)3)60-46(67)37-13-11-17-62(37)26(6)7/h19-20,24-26,33-34,36-37,42,71H,9-18,21-23H2,1-8H3,(H,56,65)(H,58,66)(H,59,68)(H,60,67)(H,61,64)(H4,53,54,55)/t33-,34-,36-,37-,42-,51-/m0/s1. The molecule has 0 radical (unpaired) electrons. The Morgan fingerprint density at radius 2 is 1.71 bits per heavy atom. The number of cyclic esters (lactones) is 1. The Bertz CT molecular complexity index is 2740. The first-order valence-electron chi connectivity index (χ1n) is 25.2. The smallest absolute Gasteiger partial charge is 0.343 e. The maximum atomic E-state index is 15.6. The quantitative estimate of drug-likeness (QED) is 0.0282. The fourth-order valence-electron chi connectivity index (χ4n) is 10.7. The van der Waals surface area contributed by atoms with E-state index in [-0.39, 0.29) is 80.0 Å². The second-order valence-electron chi connectivity index (χ2n) is 20.6. The van der Waals surface area contributed by atoms with E-state index in [1.165, 1.54) is 10.6 Å². The number of guanidine groups is 1. The van der Waals surface area contributed by atoms with Gasteiger partial charge in [0.25, 0.3) is 5.56 Å². The molecule has 0 unspecified atom stereocenters. The average Bonchev–Trinajstić information content (AvgIpc) is 3.97. The van der Waals surface area contributed by atoms with E-state index in [1.54, 1.807) is 33.8 Å². The molecule has 1 aliphatic carbocycles. The lowest BCUT2D eigenvalue weighted by Gasteiger charge is -2.32. The van der Waals surface area contributed by atoms with E-state index in [1.807, 2.05) is 27.7 Å². The van der Waals surface area contributed by atoms with Crippen molar-refractivity contribution in [2.75, 3.05) is 19.6 Å². The summed E-state index contributed by atoms with van der Waals surface area (Å²) < 4.78 is 22.3. The first-order chi connectivity index (χ1) is 34.1. The molecule has 0 spiro atoms. The zero-order valence-corrected chi connectivity index (χ0v) is 42.5. The normalized spacial score (nSPS) is 20.3. The number of amides is 5. The molecule has 3 aliphatic heterocycles. The highest BCUT2D eigenvalue weighted by atomic mass is 19.1. The summed E-state index contributed by atoms with van der Waals surface area (Å²) in [6, 6.07) is -1.24. The number of ether oxygens (including phenoxy) is 1. The molecule has 20 nitrogen and oxygen atoms in total. The number of hydrogen-bond donors (Lipinski definition) is 9. The number of pyridine rings is 2. The molecule has 0 saturated carbocycles. The Kier molecular flexibility index (Phi) is 16.1. The van der Waals surface area contributed by atoms with Crippen molar-refractivity contribution in [2.24, 2.45) is 17.6 Å². The highest BCUT2D eigenvalue weighted by molar-refractivity contribution is 5.97. The number of likely N-dealkylation sites (tertiary alicyclic amines) is 1. The monoisotopic (exact) mass is 1000 g/mol. The lowest BCUT2D eigenvalue weighted by molar-refractivity contribution is -0.172. The van der Waals surface area contributed by atoms with Crippen LogP contribution in [-0.2, 0) is 58.7 Å². The van der Waals surface area contributed by atoms with Gasteiger partial charge in [-0.2, -0.15) is 0 Å². The van der Waals surface area contributed by atoms with Gasteiger partial charge in [0.05, 0.1) is 47.6 Å². The topological polar surface area (TPSA) is 292 Å². The molecular formula is C51H70FN11O9. The third-order valence-electron chi connectivity index (χ3n) is 14.6. The van der Waals surface area contributed by atoms with Gasteiger partial charge in [0, 0.05) is 35.2 Å². The van der Waals surface area contributed by atoms with Crippen molar-refractivity contribution < 1.29 is 43.0 Å². The number of halogens is 1. The van der Waals surface area contributed by atoms with Crippen molar-refractivity contribution in [3.8, 4) is 11.4 Å². The zero-order chi connectivity index (χ0) is 52.5. The molecular weight excluding hydrogens is 930 g/mol. The number of fused-ring (bicyclic) bond motifs is 5. The van der Waals surface area contributed by atoms with Crippen LogP contribution >= 0.6 is 0 Å². The number of nitrogens with zero attached hydrogens (tertiary/aromatic N) is 3. The second-order valence-corrected chi connectivity index (χ2v) is 20.6. The summed E-state index contributed by atoms with van der Waals surface area (Å²) in [6.07, 6.45) is 2.88. The largest absolute Gasteiger partial charge is 0.458 e. The number of carbonyl (C=O) groups is 6. The molecule has 0 bridgehead atoms. The predicted octanol–water partition coefficient (Wildman–Crippen LogP) is 2.04. The molecule has 5 amide bonds. The van der Waals surface area contributed by atoms with E-state index in [9.17, 15) is 38.7 Å². The van der Waals surface area contributed by atoms with Crippen molar-refractivity contribution in [1.82, 2.24) is 46.4 Å². The van der Waals surface area contributed by atoms with Crippen molar-refractivity contribution in [2.45, 2.75) is 162 Å². The van der Waals surface area contributed by atoms with Gasteiger partial charge in [0.15, 0.2) is 11.6 Å². The summed E-state index contributed by atoms with van der Waals surface area (Å²) in [4.78, 5) is 103. The summed E-state index contributed by atoms with van der Waals surface area (Å²) in [6.45, 7) is 14.8. The predicted molar refractivity (Wildman–Crippen MR) is 266 cm³/mol. The Labute approximate surface area is 418 Å². The molecule has 5 heterocycles. The lowest BCUT2D eigenvalue weighted by Crippen LogP contribution is -2.57. The number of rotatable bonds is 19. The van der Waals surface area contributed by atoms with Gasteiger partial charge >= 0.3 is 5.97 Å². The number of aliphatic hydroxyl groups is 1. The molecule has 1 aromatic carbocycles. The van der Waals surface area contributed by atoms with Crippen molar-refractivity contribution in [3.63, 3.8) is 0 Å². The molecule has 6 atom stereocenters. The van der Waals surface area contributed by atoms with Gasteiger partial charge in [0.1, 0.15) is 30.5 Å². The first-order valence-corrected chi connectivity index (χ1v) is 25.2. The fraction of sp³-hybridized carbons (Fsp3) is 0.588. The van der Waals surface area contributed by atoms with Gasteiger partial charge in [-0.15, -0.1) is 0 Å². The minimum Gasteiger partial charge on any atom is -0.458 e. The van der Waals surface area contributed by atoms with Crippen LogP contribution < -0.4 is 43.2 Å². The lowest BCUT2D eigenvalue weighted by atomic mass is 9.81. The Morgan fingerprint density at radius 3 is 2.38 bits per heavy atom. The zero-order valence-electron chi connectivity index (χ0n) is 42.5. The number of benzene rings is 1. The molecule has 2 aromatic heterocycles. The SMILES string of the molecule is CC[C@@]1(O)C(=O)OCc2c1cc1n(c2=O)Cc2c-1nc1cc(F)c(C)c3c1c2[C@@H](NC(=O)[C@H](CCCNC(=N)N)NC(=O)[C@@H](NC(=O)CNC(=O)[C@H](CC(C)C)NC(=O)[C@@H]1CCCN1C(C)C)C(C)C)CC3. The Hall–Kier alpha value is -6.48. The number of aryl methyl sites for hydroxylation is 1. The van der Waals surface area contributed by atoms with E-state index in [0.717, 1.165) is 13.0 Å². The average molecular weight is 1000 g/mol. The van der Waals surface area contributed by atoms with Crippen molar-refractivity contribution in [1.29, 1.82) is 5.41 Å². The van der Waals surface area contributed by atoms with Crippen LogP contribution in [0.3, 0.4) is 0 Å². The number of nitrogens with one attached hydrogen (secondary N) is 7. The molecule has 72 heavy (non-hydrogen) atoms. The number of esters is 1. The summed E-state index contributed by atoms with van der Waals surface area (Å²) >= 11 is 0. The molecule has 4 aliphatic rings. The van der Waals surface area contributed by atoms with Gasteiger partial charge in [-0.1, -0.05) is 34.6 Å². The van der Waals surface area contributed by atoms with Gasteiger partial charge in [-0.05, 0) is 113 Å². The van der Waals surface area contributed by atoms with Gasteiger partial charge in [-0.25, -0.2) is 14.2 Å². The van der Waals surface area contributed by atoms with E-state index < -0.39 is 83.2 Å². The third kappa shape index (κ3) is 10.7. The van der Waals surface area contributed by atoms with Crippen LogP contribution in [0, 0.1) is 30.0 Å². The van der Waals surface area contributed by atoms with Gasteiger partial charge < -0.3 is 52.0 Å². The summed E-state index contributed by atoms with van der Waals surface area (Å²) in [7, 11) is 0. The molecule has 3 aromatic rings. The Morgan fingerprint density at radius 1 is 0.972 bits per heavy atom. The highest BCUT2D eigenvalue weighted by Crippen LogP contribution is 2.46. The molecule has 1 fully saturated rings. The van der Waals surface area contributed by atoms with E-state index in [0.29, 0.717) is 70.2 Å². The number of nitrogens with two attached hydrogens (primary N) is 1. The van der Waals surface area contributed by atoms with Crippen LogP contribution in [0.2, 0.25) is 0 Å². The van der Waals surface area contributed by atoms with Crippen LogP contribution in [0.15, 0.2) is 16.9 Å². The number of carbonyl (C=O) groups excluding carboxylic acids is 6. The molecule has 21 heteroatoms. The summed E-state index contributed by atoms with van der Waals surface area (Å²) in [5.41, 5.74) is 6.51. The van der Waals surface area contributed by atoms with Gasteiger partial charge in [0.2, 0.25) is 29.5 Å². The van der Waals surface area contributed by atoms with E-state index >= 15 is 4.39 Å². The van der Waals surface area contributed by atoms with Crippen LogP contribution in [0.25, 0.3) is 22.3 Å². The van der Waals surface area contributed by atoms with Crippen LogP contribution in [0.4, 0.5) is 4.39 Å². The number of aromatic nitrogens is 2. The highest BCUT2D eigenvalue weighted by Gasteiger charge is 2.46. The van der Waals surface area contributed by atoms with Crippen molar-refractivity contribution >= 4 is 52.4 Å². The summed E-state index contributed by atoms with van der Waals surface area (Å²) in [5.74, 6) is -4.72. The fourth-order valence-corrected chi connectivity index (χ4v) is 10.7. The maximum absolute atomic E-state index is 15.6. The minimum absolute atomic E-state index is 0.0212.